The first kappa shape index (κ1) is 19.9. The van der Waals surface area contributed by atoms with Crippen molar-refractivity contribution in [2.45, 2.75) is 13.1 Å². The van der Waals surface area contributed by atoms with E-state index >= 15 is 0 Å². The molecule has 0 bridgehead atoms. The van der Waals surface area contributed by atoms with Crippen molar-refractivity contribution in [2.24, 2.45) is 0 Å². The molecule has 0 aliphatic carbocycles. The van der Waals surface area contributed by atoms with Gasteiger partial charge in [-0.05, 0) is 25.1 Å². The van der Waals surface area contributed by atoms with Gasteiger partial charge in [0.15, 0.2) is 11.2 Å². The Morgan fingerprint density at radius 2 is 1.80 bits per heavy atom. The zero-order chi connectivity index (χ0) is 21.5. The summed E-state index contributed by atoms with van der Waals surface area (Å²) in [4.78, 5) is 31.3. The minimum Gasteiger partial charge on any atom is -0.451 e. The normalized spacial score (nSPS) is 14.9. The molecule has 4 rings (SSSR count). The Bertz CT molecular complexity index is 1150. The molecule has 0 spiro atoms. The summed E-state index contributed by atoms with van der Waals surface area (Å²) in [6, 6.07) is 8.80. The molecule has 1 saturated heterocycles. The van der Waals surface area contributed by atoms with Crippen LogP contribution in [0.5, 0.6) is 0 Å². The molecule has 1 N–H and O–H groups in total. The van der Waals surface area contributed by atoms with E-state index in [0.717, 1.165) is 17.8 Å². The summed E-state index contributed by atoms with van der Waals surface area (Å²) in [7, 11) is 0. The van der Waals surface area contributed by atoms with E-state index in [1.165, 1.54) is 12.1 Å². The zero-order valence-corrected chi connectivity index (χ0v) is 16.1. The fraction of sp³-hybridized carbons (Fsp3) is 0.286. The second-order valence-corrected chi connectivity index (χ2v) is 7.21. The van der Waals surface area contributed by atoms with Gasteiger partial charge in [-0.15, -0.1) is 0 Å². The number of piperazine rings is 1. The molecule has 6 nitrogen and oxygen atoms in total. The van der Waals surface area contributed by atoms with Gasteiger partial charge in [0.25, 0.3) is 11.7 Å². The maximum absolute atomic E-state index is 12.8. The number of anilines is 1. The molecular weight excluding hydrogens is 399 g/mol. The number of aromatic amines is 1. The summed E-state index contributed by atoms with van der Waals surface area (Å²) in [5, 5.41) is 0.425. The van der Waals surface area contributed by atoms with Crippen molar-refractivity contribution in [1.82, 2.24) is 4.90 Å². The SMILES string of the molecule is Cc1ccc2oc(C(=O)N3CCN(c4ccc(C(F)(F)F)c[nH+]4)CC3)cc(=O)c2c1. The number of amides is 1. The lowest BCUT2D eigenvalue weighted by molar-refractivity contribution is -0.367. The van der Waals surface area contributed by atoms with Crippen LogP contribution in [-0.4, -0.2) is 37.0 Å². The summed E-state index contributed by atoms with van der Waals surface area (Å²) < 4.78 is 43.8. The number of rotatable bonds is 2. The van der Waals surface area contributed by atoms with Crippen LogP contribution in [0.25, 0.3) is 11.0 Å². The number of benzene rings is 1. The topological polar surface area (TPSA) is 67.9 Å². The molecule has 30 heavy (non-hydrogen) atoms. The van der Waals surface area contributed by atoms with Crippen molar-refractivity contribution in [1.29, 1.82) is 0 Å². The number of pyridine rings is 1. The molecule has 3 aromatic rings. The largest absolute Gasteiger partial charge is 0.451 e. The average molecular weight is 418 g/mol. The van der Waals surface area contributed by atoms with Gasteiger partial charge in [-0.2, -0.15) is 13.2 Å². The predicted molar refractivity (Wildman–Crippen MR) is 103 cm³/mol. The van der Waals surface area contributed by atoms with E-state index in [4.69, 9.17) is 4.42 Å². The molecule has 0 saturated carbocycles. The van der Waals surface area contributed by atoms with E-state index in [-0.39, 0.29) is 17.1 Å². The Morgan fingerprint density at radius 1 is 1.07 bits per heavy atom. The molecule has 0 unspecified atom stereocenters. The Hall–Kier alpha value is -3.36. The van der Waals surface area contributed by atoms with Crippen LogP contribution < -0.4 is 15.3 Å². The maximum Gasteiger partial charge on any atom is 0.419 e. The van der Waals surface area contributed by atoms with Gasteiger partial charge in [0.2, 0.25) is 0 Å². The number of alkyl halides is 3. The van der Waals surface area contributed by atoms with Gasteiger partial charge in [-0.1, -0.05) is 11.6 Å². The van der Waals surface area contributed by atoms with Gasteiger partial charge in [0.05, 0.1) is 24.0 Å². The molecule has 1 aromatic carbocycles. The van der Waals surface area contributed by atoms with Crippen LogP contribution >= 0.6 is 0 Å². The van der Waals surface area contributed by atoms with Crippen LogP contribution in [-0.2, 0) is 6.18 Å². The highest BCUT2D eigenvalue weighted by Gasteiger charge is 2.33. The molecule has 3 heterocycles. The summed E-state index contributed by atoms with van der Waals surface area (Å²) in [5.41, 5.74) is 0.252. The van der Waals surface area contributed by atoms with E-state index in [9.17, 15) is 22.8 Å². The van der Waals surface area contributed by atoms with Crippen molar-refractivity contribution >= 4 is 22.7 Å². The standard InChI is InChI=1S/C21H18F3N3O3/c1-13-2-4-17-15(10-13)16(28)11-18(30-17)20(29)27-8-6-26(7-9-27)19-5-3-14(12-25-19)21(22,23)24/h2-5,10-12H,6-9H2,1H3/p+1. The smallest absolute Gasteiger partial charge is 0.419 e. The van der Waals surface area contributed by atoms with Crippen molar-refractivity contribution in [2.75, 3.05) is 31.1 Å². The number of nitrogens with zero attached hydrogens (tertiary/aromatic N) is 2. The molecule has 1 amide bonds. The quantitative estimate of drug-likeness (QED) is 0.642. The van der Waals surface area contributed by atoms with E-state index in [2.05, 4.69) is 4.98 Å². The van der Waals surface area contributed by atoms with E-state index in [1.807, 2.05) is 11.8 Å². The number of carbonyl (C=O) groups is 1. The second-order valence-electron chi connectivity index (χ2n) is 7.21. The molecule has 0 atom stereocenters. The number of hydrogen-bond acceptors (Lipinski definition) is 4. The number of nitrogens with one attached hydrogen (secondary N) is 1. The summed E-state index contributed by atoms with van der Waals surface area (Å²) in [6.45, 7) is 3.44. The lowest BCUT2D eigenvalue weighted by atomic mass is 10.1. The van der Waals surface area contributed by atoms with Crippen molar-refractivity contribution < 1.29 is 27.4 Å². The highest BCUT2D eigenvalue weighted by atomic mass is 19.4. The monoisotopic (exact) mass is 418 g/mol. The molecular formula is C21H19F3N3O3+. The van der Waals surface area contributed by atoms with Crippen molar-refractivity contribution in [3.8, 4) is 0 Å². The lowest BCUT2D eigenvalue weighted by Gasteiger charge is -2.30. The zero-order valence-electron chi connectivity index (χ0n) is 16.1. The molecule has 1 fully saturated rings. The molecule has 9 heteroatoms. The average Bonchev–Trinajstić information content (AvgIpc) is 2.73. The molecule has 156 valence electrons. The van der Waals surface area contributed by atoms with Crippen LogP contribution in [0.2, 0.25) is 0 Å². The summed E-state index contributed by atoms with van der Waals surface area (Å²) >= 11 is 0. The number of carbonyl (C=O) groups excluding carboxylic acids is 1. The number of aryl methyl sites for hydroxylation is 1. The van der Waals surface area contributed by atoms with Crippen LogP contribution in [0.15, 0.2) is 51.8 Å². The third-order valence-electron chi connectivity index (χ3n) is 5.12. The Labute approximate surface area is 169 Å². The third kappa shape index (κ3) is 3.87. The maximum atomic E-state index is 12.8. The van der Waals surface area contributed by atoms with Gasteiger partial charge in [0, 0.05) is 12.1 Å². The first-order valence-electron chi connectivity index (χ1n) is 9.40. The third-order valence-corrected chi connectivity index (χ3v) is 5.12. The van der Waals surface area contributed by atoms with Gasteiger partial charge in [-0.3, -0.25) is 14.5 Å². The summed E-state index contributed by atoms with van der Waals surface area (Å²) in [5.74, 6) is 0.138. The van der Waals surface area contributed by atoms with Gasteiger partial charge < -0.3 is 9.32 Å². The van der Waals surface area contributed by atoms with Crippen molar-refractivity contribution in [3.05, 3.63) is 69.7 Å². The minimum atomic E-state index is -4.40. The Morgan fingerprint density at radius 3 is 2.43 bits per heavy atom. The van der Waals surface area contributed by atoms with Crippen LogP contribution in [0.4, 0.5) is 19.0 Å². The molecule has 1 aliphatic heterocycles. The van der Waals surface area contributed by atoms with Crippen LogP contribution in [0, 0.1) is 6.92 Å². The van der Waals surface area contributed by atoms with E-state index in [1.54, 1.807) is 23.1 Å². The fourth-order valence-electron chi connectivity index (χ4n) is 3.47. The van der Waals surface area contributed by atoms with Gasteiger partial charge >= 0.3 is 6.18 Å². The second kappa shape index (κ2) is 7.47. The fourth-order valence-corrected chi connectivity index (χ4v) is 3.47. The molecule has 2 aromatic heterocycles. The van der Waals surface area contributed by atoms with Gasteiger partial charge in [0.1, 0.15) is 24.9 Å². The molecule has 1 aliphatic rings. The van der Waals surface area contributed by atoms with Crippen LogP contribution in [0.1, 0.15) is 21.7 Å². The van der Waals surface area contributed by atoms with Crippen molar-refractivity contribution in [3.63, 3.8) is 0 Å². The van der Waals surface area contributed by atoms with Crippen LogP contribution in [0.3, 0.4) is 0 Å². The van der Waals surface area contributed by atoms with E-state index < -0.39 is 11.7 Å². The number of hydrogen-bond donors (Lipinski definition) is 0. The predicted octanol–water partition coefficient (Wildman–Crippen LogP) is 2.90. The Kier molecular flexibility index (Phi) is 4.97. The number of fused-ring (bicyclic) bond motifs is 1. The van der Waals surface area contributed by atoms with E-state index in [0.29, 0.717) is 43.0 Å². The van der Waals surface area contributed by atoms with Gasteiger partial charge in [-0.25, -0.2) is 4.98 Å². The first-order chi connectivity index (χ1) is 14.2. The Balaban J connectivity index is 1.46. The number of aromatic nitrogens is 1. The number of H-pyrrole nitrogens is 1. The minimum absolute atomic E-state index is 0.0223. The summed E-state index contributed by atoms with van der Waals surface area (Å²) in [6.07, 6.45) is -3.47. The number of halogens is 3. The highest BCUT2D eigenvalue weighted by molar-refractivity contribution is 5.93. The molecule has 0 radical (unpaired) electrons. The lowest BCUT2D eigenvalue weighted by Crippen LogP contribution is -2.50. The highest BCUT2D eigenvalue weighted by Crippen LogP contribution is 2.28. The first-order valence-corrected chi connectivity index (χ1v) is 9.40.